The van der Waals surface area contributed by atoms with Crippen LogP contribution in [0.5, 0.6) is 0 Å². The minimum atomic E-state index is -2.33. The molecular formula is C7H14N4O3. The van der Waals surface area contributed by atoms with Crippen LogP contribution in [0.3, 0.4) is 0 Å². The topological polar surface area (TPSA) is 121 Å². The molecule has 4 N–H and O–H groups in total. The lowest BCUT2D eigenvalue weighted by Crippen LogP contribution is -2.80. The average Bonchev–Trinajstić information content (AvgIpc) is 2.83. The molecule has 7 heteroatoms. The van der Waals surface area contributed by atoms with Crippen LogP contribution >= 0.6 is 0 Å². The van der Waals surface area contributed by atoms with E-state index in [-0.39, 0.29) is 0 Å². The molecule has 0 unspecified atom stereocenters. The molecule has 2 rings (SSSR count). The molecule has 0 radical (unpaired) electrons. The Labute approximate surface area is 81.6 Å². The predicted octanol–water partition coefficient (Wildman–Crippen LogP) is -5.26. The molecule has 14 heavy (non-hydrogen) atoms. The molecular weight excluding hydrogens is 188 g/mol. The van der Waals surface area contributed by atoms with Gasteiger partial charge in [0.1, 0.15) is 13.1 Å². The van der Waals surface area contributed by atoms with Crippen molar-refractivity contribution in [2.45, 2.75) is 0 Å². The molecule has 80 valence electrons. The molecule has 0 aliphatic carbocycles. The van der Waals surface area contributed by atoms with Gasteiger partial charge in [0.25, 0.3) is 0 Å². The van der Waals surface area contributed by atoms with Crippen LogP contribution in [0.15, 0.2) is 9.98 Å². The van der Waals surface area contributed by atoms with E-state index in [2.05, 4.69) is 20.6 Å². The lowest BCUT2D eigenvalue weighted by atomic mass is 10.7. The van der Waals surface area contributed by atoms with E-state index < -0.39 is 6.16 Å². The standard InChI is InChI=1S/2C3H6N2.CH2O3/c2*1-2-5-3-4-1;2-1(3)4/h2*3H,1-2H2,(H,4,5);(H2,2,3,4). The number of rotatable bonds is 0. The molecule has 2 aliphatic rings. The zero-order chi connectivity index (χ0) is 10.6. The number of hydrogen-bond acceptors (Lipinski definition) is 5. The average molecular weight is 202 g/mol. The van der Waals surface area contributed by atoms with Crippen LogP contribution in [0.1, 0.15) is 0 Å². The van der Waals surface area contributed by atoms with Crippen molar-refractivity contribution in [3.05, 3.63) is 0 Å². The van der Waals surface area contributed by atoms with Crippen molar-refractivity contribution >= 4 is 18.8 Å². The minimum absolute atomic E-state index is 1.01. The van der Waals surface area contributed by atoms with E-state index in [4.69, 9.17) is 15.0 Å². The van der Waals surface area contributed by atoms with Crippen molar-refractivity contribution in [1.29, 1.82) is 0 Å². The first-order chi connectivity index (χ1) is 6.73. The van der Waals surface area contributed by atoms with Gasteiger partial charge in [-0.25, -0.2) is 9.98 Å². The highest BCUT2D eigenvalue weighted by Crippen LogP contribution is 1.59. The number of aliphatic imine (C=N–C) groups is 2. The number of carboxylic acid groups (broad SMARTS) is 2. The summed E-state index contributed by atoms with van der Waals surface area (Å²) in [5.74, 6) is 0. The summed E-state index contributed by atoms with van der Waals surface area (Å²) in [4.78, 5) is 16.1. The lowest BCUT2D eigenvalue weighted by Gasteiger charge is -1.96. The fourth-order valence-corrected chi connectivity index (χ4v) is 0.745. The normalized spacial score (nSPS) is 16.6. The van der Waals surface area contributed by atoms with Crippen molar-refractivity contribution in [3.8, 4) is 0 Å². The van der Waals surface area contributed by atoms with Crippen molar-refractivity contribution < 1.29 is 25.6 Å². The number of hydrogen-bond donors (Lipinski definition) is 2. The zero-order valence-corrected chi connectivity index (χ0v) is 7.76. The molecule has 0 aromatic rings. The number of carbonyl (C=O) groups is 1. The molecule has 0 atom stereocenters. The maximum atomic E-state index is 8.33. The van der Waals surface area contributed by atoms with Crippen molar-refractivity contribution in [1.82, 2.24) is 0 Å². The summed E-state index contributed by atoms with van der Waals surface area (Å²) < 4.78 is 0. The van der Waals surface area contributed by atoms with Gasteiger partial charge in [0.05, 0.1) is 13.1 Å². The molecule has 0 saturated carbocycles. The zero-order valence-electron chi connectivity index (χ0n) is 7.76. The van der Waals surface area contributed by atoms with E-state index in [0.29, 0.717) is 0 Å². The maximum Gasteiger partial charge on any atom is 0.182 e. The minimum Gasteiger partial charge on any atom is -0.652 e. The van der Waals surface area contributed by atoms with Gasteiger partial charge < -0.3 is 25.6 Å². The molecule has 7 nitrogen and oxygen atoms in total. The van der Waals surface area contributed by atoms with Crippen LogP contribution in [0.4, 0.5) is 4.79 Å². The first-order valence-corrected chi connectivity index (χ1v) is 4.24. The Morgan fingerprint density at radius 2 is 1.43 bits per heavy atom. The molecule has 0 fully saturated rings. The van der Waals surface area contributed by atoms with E-state index >= 15 is 0 Å². The first-order valence-electron chi connectivity index (χ1n) is 4.24. The van der Waals surface area contributed by atoms with Gasteiger partial charge in [0.2, 0.25) is 0 Å². The van der Waals surface area contributed by atoms with Crippen LogP contribution in [-0.4, -0.2) is 45.0 Å². The highest BCUT2D eigenvalue weighted by Gasteiger charge is 1.89. The third kappa shape index (κ3) is 13.1. The Morgan fingerprint density at radius 3 is 1.50 bits per heavy atom. The summed E-state index contributed by atoms with van der Waals surface area (Å²) in [5, 5.41) is 20.8. The van der Waals surface area contributed by atoms with E-state index in [1.54, 1.807) is 0 Å². The van der Waals surface area contributed by atoms with Crippen molar-refractivity contribution in [3.63, 3.8) is 0 Å². The Morgan fingerprint density at radius 1 is 1.07 bits per heavy atom. The molecule has 0 spiro atoms. The summed E-state index contributed by atoms with van der Waals surface area (Å²) in [5.41, 5.74) is 0. The number of nitrogens with two attached hydrogens (primary N) is 2. The Kier molecular flexibility index (Phi) is 8.61. The SMILES string of the molecule is C1=NCC[NH2+]1.C1=NCC[NH2+]1.O=C([O-])[O-]. The number of carbonyl (C=O) groups excluding carboxylic acids is 1. The Balaban J connectivity index is 0.000000183. The summed E-state index contributed by atoms with van der Waals surface area (Å²) in [6.45, 7) is 4.33. The van der Waals surface area contributed by atoms with E-state index in [1.807, 2.05) is 12.7 Å². The fraction of sp³-hybridized carbons (Fsp3) is 0.571. The van der Waals surface area contributed by atoms with Crippen LogP contribution in [0.2, 0.25) is 0 Å². The monoisotopic (exact) mass is 202 g/mol. The lowest BCUT2D eigenvalue weighted by molar-refractivity contribution is -0.518. The third-order valence-corrected chi connectivity index (χ3v) is 1.27. The van der Waals surface area contributed by atoms with Gasteiger partial charge in [-0.2, -0.15) is 0 Å². The number of nitrogens with zero attached hydrogens (tertiary/aromatic N) is 2. The largest absolute Gasteiger partial charge is 0.652 e. The highest BCUT2D eigenvalue weighted by molar-refractivity contribution is 5.47. The van der Waals surface area contributed by atoms with Gasteiger partial charge in [-0.1, -0.05) is 0 Å². The van der Waals surface area contributed by atoms with E-state index in [1.165, 1.54) is 0 Å². The van der Waals surface area contributed by atoms with Crippen LogP contribution in [0.25, 0.3) is 0 Å². The van der Waals surface area contributed by atoms with Crippen LogP contribution in [0, 0.1) is 0 Å². The maximum absolute atomic E-state index is 8.33. The predicted molar refractivity (Wildman–Crippen MR) is 45.7 cm³/mol. The summed E-state index contributed by atoms with van der Waals surface area (Å²) in [6, 6.07) is 0. The second kappa shape index (κ2) is 9.62. The molecule has 0 bridgehead atoms. The summed E-state index contributed by atoms with van der Waals surface area (Å²) in [6.07, 6.45) is 1.39. The van der Waals surface area contributed by atoms with Crippen molar-refractivity contribution in [2.24, 2.45) is 9.98 Å². The molecule has 2 heterocycles. The second-order valence-corrected chi connectivity index (χ2v) is 2.41. The first kappa shape index (κ1) is 12.5. The third-order valence-electron chi connectivity index (χ3n) is 1.27. The highest BCUT2D eigenvalue weighted by atomic mass is 16.6. The van der Waals surface area contributed by atoms with Gasteiger partial charge in [0.15, 0.2) is 12.7 Å². The van der Waals surface area contributed by atoms with Gasteiger partial charge in [-0.05, 0) is 6.16 Å². The molecule has 0 aromatic heterocycles. The quantitative estimate of drug-likeness (QED) is 0.408. The van der Waals surface area contributed by atoms with Gasteiger partial charge in [-0.15, -0.1) is 0 Å². The van der Waals surface area contributed by atoms with E-state index in [9.17, 15) is 0 Å². The fourth-order valence-electron chi connectivity index (χ4n) is 0.745. The Hall–Kier alpha value is -1.47. The van der Waals surface area contributed by atoms with Crippen LogP contribution < -0.4 is 20.8 Å². The van der Waals surface area contributed by atoms with Crippen molar-refractivity contribution in [2.75, 3.05) is 26.2 Å². The molecule has 0 aromatic carbocycles. The molecule has 0 amide bonds. The molecule has 0 saturated heterocycles. The Bertz CT molecular complexity index is 173. The summed E-state index contributed by atoms with van der Waals surface area (Å²) >= 11 is 0. The van der Waals surface area contributed by atoms with Gasteiger partial charge in [0, 0.05) is 0 Å². The smallest absolute Gasteiger partial charge is 0.182 e. The second-order valence-electron chi connectivity index (χ2n) is 2.41. The molecule has 2 aliphatic heterocycles. The van der Waals surface area contributed by atoms with E-state index in [0.717, 1.165) is 26.2 Å². The number of quaternary nitrogens is 2. The van der Waals surface area contributed by atoms with Gasteiger partial charge in [-0.3, -0.25) is 0 Å². The summed E-state index contributed by atoms with van der Waals surface area (Å²) in [7, 11) is 0. The van der Waals surface area contributed by atoms with Gasteiger partial charge >= 0.3 is 0 Å². The van der Waals surface area contributed by atoms with Crippen LogP contribution in [-0.2, 0) is 0 Å².